The first kappa shape index (κ1) is 8.80. The molecule has 4 nitrogen and oxygen atoms in total. The van der Waals surface area contributed by atoms with Crippen LogP contribution in [0.5, 0.6) is 0 Å². The maximum atomic E-state index is 11.2. The Labute approximate surface area is 70.6 Å². The minimum atomic E-state index is -0.136. The Hall–Kier alpha value is -1.29. The minimum Gasteiger partial charge on any atom is -0.397 e. The lowest BCUT2D eigenvalue weighted by Gasteiger charge is -2.03. The lowest BCUT2D eigenvalue weighted by molar-refractivity contribution is 0.961. The van der Waals surface area contributed by atoms with E-state index in [4.69, 9.17) is 11.5 Å². The highest BCUT2D eigenvalue weighted by Crippen LogP contribution is 2.07. The summed E-state index contributed by atoms with van der Waals surface area (Å²) in [6, 6.07) is 1.64. The molecule has 12 heavy (non-hydrogen) atoms. The van der Waals surface area contributed by atoms with E-state index < -0.39 is 0 Å². The van der Waals surface area contributed by atoms with Gasteiger partial charge in [0.25, 0.3) is 5.56 Å². The molecule has 0 spiro atoms. The monoisotopic (exact) mass is 167 g/mol. The molecule has 0 atom stereocenters. The van der Waals surface area contributed by atoms with Crippen LogP contribution in [-0.2, 0) is 13.0 Å². The summed E-state index contributed by atoms with van der Waals surface area (Å²) >= 11 is 0. The van der Waals surface area contributed by atoms with Crippen molar-refractivity contribution in [3.05, 3.63) is 27.7 Å². The predicted octanol–water partition coefficient (Wildman–Crippen LogP) is -0.0218. The number of pyridine rings is 1. The topological polar surface area (TPSA) is 84.9 Å². The lowest BCUT2D eigenvalue weighted by atomic mass is 10.2. The molecule has 1 rings (SSSR count). The molecule has 5 N–H and O–H groups in total. The minimum absolute atomic E-state index is 0.136. The van der Waals surface area contributed by atoms with Gasteiger partial charge in [-0.2, -0.15) is 0 Å². The Morgan fingerprint density at radius 1 is 1.58 bits per heavy atom. The number of aromatic amines is 1. The molecule has 4 heteroatoms. The number of hydrogen-bond acceptors (Lipinski definition) is 3. The van der Waals surface area contributed by atoms with E-state index in [1.165, 1.54) is 0 Å². The van der Waals surface area contributed by atoms with Crippen molar-refractivity contribution in [3.63, 3.8) is 0 Å². The van der Waals surface area contributed by atoms with Crippen molar-refractivity contribution in [2.24, 2.45) is 5.73 Å². The molecule has 0 bridgehead atoms. The van der Waals surface area contributed by atoms with E-state index >= 15 is 0 Å². The summed E-state index contributed by atoms with van der Waals surface area (Å²) in [6.45, 7) is 2.16. The van der Waals surface area contributed by atoms with Gasteiger partial charge >= 0.3 is 0 Å². The van der Waals surface area contributed by atoms with Gasteiger partial charge in [0.05, 0.1) is 5.69 Å². The molecule has 0 unspecified atom stereocenters. The first-order valence-corrected chi connectivity index (χ1v) is 3.89. The van der Waals surface area contributed by atoms with Crippen LogP contribution in [-0.4, -0.2) is 4.98 Å². The van der Waals surface area contributed by atoms with Gasteiger partial charge in [-0.15, -0.1) is 0 Å². The van der Waals surface area contributed by atoms with Gasteiger partial charge < -0.3 is 16.5 Å². The van der Waals surface area contributed by atoms with Crippen LogP contribution in [0, 0.1) is 0 Å². The standard InChI is InChI=1S/C8H13N3O/c1-2-7-6(10)3-5(4-9)8(12)11-7/h3H,2,4,9-10H2,1H3,(H,11,12). The average molecular weight is 167 g/mol. The van der Waals surface area contributed by atoms with Gasteiger partial charge in [-0.25, -0.2) is 0 Å². The first-order chi connectivity index (χ1) is 5.69. The third-order valence-corrected chi connectivity index (χ3v) is 1.81. The molecule has 0 aromatic carbocycles. The van der Waals surface area contributed by atoms with Crippen molar-refractivity contribution in [1.82, 2.24) is 4.98 Å². The smallest absolute Gasteiger partial charge is 0.252 e. The van der Waals surface area contributed by atoms with Gasteiger partial charge in [0.2, 0.25) is 0 Å². The maximum Gasteiger partial charge on any atom is 0.252 e. The second-order valence-electron chi connectivity index (χ2n) is 2.62. The number of aryl methyl sites for hydroxylation is 1. The normalized spacial score (nSPS) is 10.2. The zero-order valence-corrected chi connectivity index (χ0v) is 7.05. The number of H-pyrrole nitrogens is 1. The van der Waals surface area contributed by atoms with E-state index in [9.17, 15) is 4.79 Å². The highest BCUT2D eigenvalue weighted by Gasteiger charge is 2.02. The molecule has 1 aromatic heterocycles. The molecular weight excluding hydrogens is 154 g/mol. The third kappa shape index (κ3) is 1.48. The quantitative estimate of drug-likeness (QED) is 0.578. The van der Waals surface area contributed by atoms with Crippen molar-refractivity contribution < 1.29 is 0 Å². The molecule has 0 aliphatic rings. The SMILES string of the molecule is CCc1[nH]c(=O)c(CN)cc1N. The van der Waals surface area contributed by atoms with Crippen LogP contribution in [0.2, 0.25) is 0 Å². The lowest BCUT2D eigenvalue weighted by Crippen LogP contribution is -2.18. The van der Waals surface area contributed by atoms with Gasteiger partial charge in [-0.1, -0.05) is 6.92 Å². The van der Waals surface area contributed by atoms with Crippen LogP contribution in [0.3, 0.4) is 0 Å². The fourth-order valence-corrected chi connectivity index (χ4v) is 1.07. The second-order valence-corrected chi connectivity index (χ2v) is 2.62. The molecule has 0 aliphatic carbocycles. The molecule has 0 fully saturated rings. The Bertz CT molecular complexity index is 330. The Morgan fingerprint density at radius 3 is 2.75 bits per heavy atom. The zero-order valence-electron chi connectivity index (χ0n) is 7.05. The Balaban J connectivity index is 3.26. The van der Waals surface area contributed by atoms with Gasteiger partial charge in [0, 0.05) is 17.8 Å². The molecule has 0 saturated heterocycles. The molecule has 1 aromatic rings. The van der Waals surface area contributed by atoms with Gasteiger partial charge in [-0.3, -0.25) is 4.79 Å². The number of nitrogens with one attached hydrogen (secondary N) is 1. The van der Waals surface area contributed by atoms with Crippen molar-refractivity contribution in [1.29, 1.82) is 0 Å². The fraction of sp³-hybridized carbons (Fsp3) is 0.375. The highest BCUT2D eigenvalue weighted by molar-refractivity contribution is 5.44. The average Bonchev–Trinajstić information content (AvgIpc) is 2.08. The molecular formula is C8H13N3O. The van der Waals surface area contributed by atoms with E-state index in [1.807, 2.05) is 6.92 Å². The fourth-order valence-electron chi connectivity index (χ4n) is 1.07. The van der Waals surface area contributed by atoms with E-state index in [0.717, 1.165) is 12.1 Å². The third-order valence-electron chi connectivity index (χ3n) is 1.81. The summed E-state index contributed by atoms with van der Waals surface area (Å²) in [5.74, 6) is 0. The second kappa shape index (κ2) is 3.40. The van der Waals surface area contributed by atoms with Gasteiger partial charge in [-0.05, 0) is 12.5 Å². The van der Waals surface area contributed by atoms with Crippen molar-refractivity contribution in [3.8, 4) is 0 Å². The van der Waals surface area contributed by atoms with Crippen molar-refractivity contribution >= 4 is 5.69 Å². The number of nitrogen functional groups attached to an aromatic ring is 1. The van der Waals surface area contributed by atoms with E-state index in [0.29, 0.717) is 11.3 Å². The summed E-state index contributed by atoms with van der Waals surface area (Å²) in [6.07, 6.45) is 0.728. The molecule has 1 heterocycles. The highest BCUT2D eigenvalue weighted by atomic mass is 16.1. The van der Waals surface area contributed by atoms with E-state index in [1.54, 1.807) is 6.07 Å². The largest absolute Gasteiger partial charge is 0.397 e. The van der Waals surface area contributed by atoms with E-state index in [-0.39, 0.29) is 12.1 Å². The van der Waals surface area contributed by atoms with Gasteiger partial charge in [0.15, 0.2) is 0 Å². The van der Waals surface area contributed by atoms with E-state index in [2.05, 4.69) is 4.98 Å². The molecule has 0 saturated carbocycles. The Kier molecular flexibility index (Phi) is 2.50. The summed E-state index contributed by atoms with van der Waals surface area (Å²) in [5, 5.41) is 0. The number of rotatable bonds is 2. The van der Waals surface area contributed by atoms with Crippen LogP contribution in [0.1, 0.15) is 18.2 Å². The number of nitrogens with two attached hydrogens (primary N) is 2. The molecule has 66 valence electrons. The number of anilines is 1. The predicted molar refractivity (Wildman–Crippen MR) is 48.7 cm³/mol. The summed E-state index contributed by atoms with van der Waals surface area (Å²) in [5.41, 5.74) is 12.8. The maximum absolute atomic E-state index is 11.2. The van der Waals surface area contributed by atoms with Crippen LogP contribution < -0.4 is 17.0 Å². The van der Waals surface area contributed by atoms with Crippen LogP contribution in [0.4, 0.5) is 5.69 Å². The molecule has 0 aliphatic heterocycles. The van der Waals surface area contributed by atoms with Crippen molar-refractivity contribution in [2.45, 2.75) is 19.9 Å². The molecule has 0 amide bonds. The van der Waals surface area contributed by atoms with Crippen LogP contribution >= 0.6 is 0 Å². The number of hydrogen-bond donors (Lipinski definition) is 3. The van der Waals surface area contributed by atoms with Gasteiger partial charge in [0.1, 0.15) is 0 Å². The Morgan fingerprint density at radius 2 is 2.25 bits per heavy atom. The first-order valence-electron chi connectivity index (χ1n) is 3.89. The summed E-state index contributed by atoms with van der Waals surface area (Å²) < 4.78 is 0. The number of aromatic nitrogens is 1. The molecule has 0 radical (unpaired) electrons. The summed E-state index contributed by atoms with van der Waals surface area (Å²) in [7, 11) is 0. The van der Waals surface area contributed by atoms with Crippen molar-refractivity contribution in [2.75, 3.05) is 5.73 Å². The summed E-state index contributed by atoms with van der Waals surface area (Å²) in [4.78, 5) is 13.9. The van der Waals surface area contributed by atoms with Crippen LogP contribution in [0.25, 0.3) is 0 Å². The van der Waals surface area contributed by atoms with Crippen LogP contribution in [0.15, 0.2) is 10.9 Å². The zero-order chi connectivity index (χ0) is 9.14.